The average Bonchev–Trinajstić information content (AvgIpc) is 2.61. The van der Waals surface area contributed by atoms with Crippen molar-refractivity contribution in [2.24, 2.45) is 5.73 Å². The second-order valence-electron chi connectivity index (χ2n) is 5.76. The molecule has 1 unspecified atom stereocenters. The molecule has 1 heterocycles. The second kappa shape index (κ2) is 9.31. The van der Waals surface area contributed by atoms with Crippen LogP contribution in [0.3, 0.4) is 0 Å². The molecule has 13 heteroatoms. The van der Waals surface area contributed by atoms with Gasteiger partial charge in [0.25, 0.3) is 17.5 Å². The third-order valence-electron chi connectivity index (χ3n) is 3.89. The number of methoxy groups -OCH3 is 1. The number of carbonyl (C=O) groups excluding carboxylic acids is 3. The molecule has 148 valence electrons. The van der Waals surface area contributed by atoms with Crippen molar-refractivity contribution in [1.29, 1.82) is 0 Å². The van der Waals surface area contributed by atoms with Gasteiger partial charge in [0.15, 0.2) is 10.3 Å². The van der Waals surface area contributed by atoms with Gasteiger partial charge in [0.2, 0.25) is 0 Å². The van der Waals surface area contributed by atoms with Gasteiger partial charge in [-0.1, -0.05) is 30.3 Å². The van der Waals surface area contributed by atoms with Crippen LogP contribution in [-0.2, 0) is 36.0 Å². The van der Waals surface area contributed by atoms with Gasteiger partial charge in [-0.3, -0.25) is 9.59 Å². The third-order valence-corrected chi connectivity index (χ3v) is 4.72. The van der Waals surface area contributed by atoms with E-state index < -0.39 is 46.5 Å². The summed E-state index contributed by atoms with van der Waals surface area (Å²) in [5.74, 6) is -2.42. The molecule has 1 aliphatic rings. The quantitative estimate of drug-likeness (QED) is 0.209. The Balaban J connectivity index is 0.00000392. The van der Waals surface area contributed by atoms with Gasteiger partial charge in [0.1, 0.15) is 6.61 Å². The number of imide groups is 1. The van der Waals surface area contributed by atoms with E-state index in [1.165, 1.54) is 6.92 Å². The minimum absolute atomic E-state index is 0. The predicted octanol–water partition coefficient (Wildman–Crippen LogP) is -3.85. The van der Waals surface area contributed by atoms with E-state index >= 15 is 0 Å². The molecule has 1 aliphatic heterocycles. The standard InChI is InChI=1S/C15H19N3O8S.Na/c1-10(16)12(19)18(14(21)26-8-11-6-4-3-5-7-11)15(25-2)9-17(13(15)20)27(22,23)24;/h3-7,10H,8-9,16H2,1-2H3,(H,22,23,24);/q;+1/p-1/t10-,15?;/m1./s1. The number of β-lactam (4-membered cyclic amide) rings is 1. The summed E-state index contributed by atoms with van der Waals surface area (Å²) in [7, 11) is -4.14. The van der Waals surface area contributed by atoms with Crippen molar-refractivity contribution in [2.75, 3.05) is 13.7 Å². The van der Waals surface area contributed by atoms with Crippen LogP contribution >= 0.6 is 0 Å². The molecular formula is C15H18N3NaO8S. The fourth-order valence-corrected chi connectivity index (χ4v) is 3.11. The van der Waals surface area contributed by atoms with Gasteiger partial charge < -0.3 is 19.8 Å². The molecule has 0 bridgehead atoms. The molecule has 0 aliphatic carbocycles. The topological polar surface area (TPSA) is 159 Å². The molecule has 2 N–H and O–H groups in total. The number of rotatable bonds is 6. The van der Waals surface area contributed by atoms with Gasteiger partial charge in [-0.25, -0.2) is 22.4 Å². The van der Waals surface area contributed by atoms with Gasteiger partial charge in [-0.15, -0.1) is 0 Å². The van der Waals surface area contributed by atoms with Crippen LogP contribution in [0.4, 0.5) is 4.79 Å². The van der Waals surface area contributed by atoms with Crippen LogP contribution in [0.1, 0.15) is 12.5 Å². The van der Waals surface area contributed by atoms with Crippen LogP contribution in [0, 0.1) is 0 Å². The number of nitrogens with two attached hydrogens (primary N) is 1. The third kappa shape index (κ3) is 4.71. The SMILES string of the molecule is COC1(N(C(=O)OCc2ccccc2)C(=O)[C@@H](C)N)CN(S(=O)(=O)[O-])C1=O.[Na+]. The second-order valence-corrected chi connectivity index (χ2v) is 7.06. The van der Waals surface area contributed by atoms with Crippen LogP contribution in [0.15, 0.2) is 30.3 Å². The largest absolute Gasteiger partial charge is 1.00 e. The van der Waals surface area contributed by atoms with Crippen LogP contribution in [0.5, 0.6) is 0 Å². The molecule has 11 nitrogen and oxygen atoms in total. The van der Waals surface area contributed by atoms with E-state index in [4.69, 9.17) is 15.2 Å². The van der Waals surface area contributed by atoms with E-state index in [-0.39, 0.29) is 40.5 Å². The van der Waals surface area contributed by atoms with Crippen molar-refractivity contribution in [2.45, 2.75) is 25.3 Å². The number of amides is 3. The smallest absolute Gasteiger partial charge is 0.731 e. The Morgan fingerprint density at radius 2 is 1.93 bits per heavy atom. The number of ether oxygens (including phenoxy) is 2. The number of carbonyl (C=O) groups is 3. The number of nitrogens with zero attached hydrogens (tertiary/aromatic N) is 2. The van der Waals surface area contributed by atoms with Crippen molar-refractivity contribution < 1.29 is 66.4 Å². The summed E-state index contributed by atoms with van der Waals surface area (Å²) in [4.78, 5) is 37.5. The maximum atomic E-state index is 12.5. The first-order valence-corrected chi connectivity index (χ1v) is 9.04. The molecule has 1 aromatic carbocycles. The average molecular weight is 423 g/mol. The molecular weight excluding hydrogens is 405 g/mol. The van der Waals surface area contributed by atoms with Crippen LogP contribution in [0.2, 0.25) is 0 Å². The molecule has 0 aromatic heterocycles. The molecule has 1 fully saturated rings. The summed E-state index contributed by atoms with van der Waals surface area (Å²) in [5.41, 5.74) is 3.80. The Labute approximate surface area is 183 Å². The number of hydrogen-bond acceptors (Lipinski definition) is 9. The zero-order valence-corrected chi connectivity index (χ0v) is 18.3. The molecule has 1 aromatic rings. The molecule has 0 spiro atoms. The predicted molar refractivity (Wildman–Crippen MR) is 88.3 cm³/mol. The zero-order chi connectivity index (χ0) is 20.4. The summed E-state index contributed by atoms with van der Waals surface area (Å²) < 4.78 is 43.2. The van der Waals surface area contributed by atoms with Gasteiger partial charge in [-0.05, 0) is 12.5 Å². The Hall–Kier alpha value is -1.54. The van der Waals surface area contributed by atoms with Crippen molar-refractivity contribution in [3.63, 3.8) is 0 Å². The summed E-state index contributed by atoms with van der Waals surface area (Å²) in [5, 5.41) is 0. The van der Waals surface area contributed by atoms with Gasteiger partial charge in [0, 0.05) is 7.11 Å². The maximum Gasteiger partial charge on any atom is 1.00 e. The molecule has 28 heavy (non-hydrogen) atoms. The van der Waals surface area contributed by atoms with Gasteiger partial charge in [-0.2, -0.15) is 0 Å². The Kier molecular flexibility index (Phi) is 8.14. The molecule has 3 amide bonds. The van der Waals surface area contributed by atoms with E-state index in [1.54, 1.807) is 30.3 Å². The minimum Gasteiger partial charge on any atom is -0.731 e. The van der Waals surface area contributed by atoms with Crippen molar-refractivity contribution in [3.05, 3.63) is 35.9 Å². The fraction of sp³-hybridized carbons (Fsp3) is 0.400. The Morgan fingerprint density at radius 1 is 1.36 bits per heavy atom. The molecule has 2 rings (SSSR count). The summed E-state index contributed by atoms with van der Waals surface area (Å²) in [6.45, 7) is 0.182. The van der Waals surface area contributed by atoms with Gasteiger partial charge in [0.05, 0.1) is 12.6 Å². The minimum atomic E-state index is -5.12. The molecule has 0 saturated carbocycles. The Morgan fingerprint density at radius 3 is 2.36 bits per heavy atom. The van der Waals surface area contributed by atoms with Crippen molar-refractivity contribution in [1.82, 2.24) is 9.21 Å². The van der Waals surface area contributed by atoms with Crippen LogP contribution in [0.25, 0.3) is 0 Å². The van der Waals surface area contributed by atoms with E-state index in [1.807, 2.05) is 0 Å². The zero-order valence-electron chi connectivity index (χ0n) is 15.5. The van der Waals surface area contributed by atoms with E-state index in [9.17, 15) is 27.4 Å². The van der Waals surface area contributed by atoms with E-state index in [0.717, 1.165) is 7.11 Å². The van der Waals surface area contributed by atoms with Crippen molar-refractivity contribution >= 4 is 28.2 Å². The van der Waals surface area contributed by atoms with Crippen LogP contribution in [-0.4, -0.2) is 65.5 Å². The van der Waals surface area contributed by atoms with Gasteiger partial charge >= 0.3 is 35.7 Å². The molecule has 2 atom stereocenters. The normalized spacial score (nSPS) is 19.9. The monoisotopic (exact) mass is 423 g/mol. The first kappa shape index (κ1) is 24.5. The maximum absolute atomic E-state index is 12.5. The summed E-state index contributed by atoms with van der Waals surface area (Å²) in [6.07, 6.45) is -1.26. The van der Waals surface area contributed by atoms with Crippen molar-refractivity contribution in [3.8, 4) is 0 Å². The number of benzene rings is 1. The fourth-order valence-electron chi connectivity index (χ4n) is 2.43. The summed E-state index contributed by atoms with van der Waals surface area (Å²) in [6, 6.07) is 7.26. The molecule has 1 saturated heterocycles. The molecule has 0 radical (unpaired) electrons. The number of hydrogen-bond donors (Lipinski definition) is 1. The van der Waals surface area contributed by atoms with E-state index in [0.29, 0.717) is 10.5 Å². The van der Waals surface area contributed by atoms with E-state index in [2.05, 4.69) is 0 Å². The Bertz CT molecular complexity index is 848. The summed E-state index contributed by atoms with van der Waals surface area (Å²) >= 11 is 0. The van der Waals surface area contributed by atoms with Crippen LogP contribution < -0.4 is 35.3 Å². The first-order chi connectivity index (χ1) is 12.5. The first-order valence-electron chi connectivity index (χ1n) is 7.68.